The van der Waals surface area contributed by atoms with Crippen LogP contribution in [0, 0.1) is 13.8 Å². The zero-order valence-corrected chi connectivity index (χ0v) is 12.2. The minimum atomic E-state index is -3.40. The van der Waals surface area contributed by atoms with Crippen molar-refractivity contribution in [2.45, 2.75) is 31.8 Å². The Bertz CT molecular complexity index is 589. The Labute approximate surface area is 113 Å². The SMILES string of the molecule is CCOC(=O)C(O)c1cc(S(C)(=O)=O)cc(C)c1C. The van der Waals surface area contributed by atoms with Gasteiger partial charge in [-0.05, 0) is 49.6 Å². The van der Waals surface area contributed by atoms with Crippen LogP contribution in [0.1, 0.15) is 29.7 Å². The summed E-state index contributed by atoms with van der Waals surface area (Å²) in [5.74, 6) is -0.782. The summed E-state index contributed by atoms with van der Waals surface area (Å²) in [5, 5.41) is 9.95. The summed E-state index contributed by atoms with van der Waals surface area (Å²) in [5.41, 5.74) is 1.63. The first-order valence-electron chi connectivity index (χ1n) is 5.84. The molecule has 0 aliphatic heterocycles. The molecule has 0 aliphatic carbocycles. The molecule has 0 bridgehead atoms. The molecule has 0 amide bonds. The van der Waals surface area contributed by atoms with Gasteiger partial charge in [0.15, 0.2) is 15.9 Å². The summed E-state index contributed by atoms with van der Waals surface area (Å²) in [6, 6.07) is 2.84. The molecule has 6 heteroatoms. The van der Waals surface area contributed by atoms with Gasteiger partial charge in [0, 0.05) is 6.26 Å². The van der Waals surface area contributed by atoms with Gasteiger partial charge in [-0.15, -0.1) is 0 Å². The molecular weight excluding hydrogens is 268 g/mol. The summed E-state index contributed by atoms with van der Waals surface area (Å²) >= 11 is 0. The monoisotopic (exact) mass is 286 g/mol. The zero-order valence-electron chi connectivity index (χ0n) is 11.4. The minimum Gasteiger partial charge on any atom is -0.464 e. The normalized spacial score (nSPS) is 13.1. The standard InChI is InChI=1S/C13H18O5S/c1-5-18-13(15)12(14)11-7-10(19(4,16)17)6-8(2)9(11)3/h6-7,12,14H,5H2,1-4H3. The number of benzene rings is 1. The van der Waals surface area contributed by atoms with E-state index in [0.29, 0.717) is 11.1 Å². The Morgan fingerprint density at radius 1 is 1.37 bits per heavy atom. The van der Waals surface area contributed by atoms with Crippen LogP contribution in [0.2, 0.25) is 0 Å². The lowest BCUT2D eigenvalue weighted by Gasteiger charge is -2.15. The van der Waals surface area contributed by atoms with Gasteiger partial charge in [-0.25, -0.2) is 13.2 Å². The Kier molecular flexibility index (Phi) is 4.70. The highest BCUT2D eigenvalue weighted by Gasteiger charge is 2.23. The number of aliphatic hydroxyl groups is 1. The van der Waals surface area contributed by atoms with Crippen LogP contribution in [0.3, 0.4) is 0 Å². The summed E-state index contributed by atoms with van der Waals surface area (Å²) in [4.78, 5) is 11.6. The van der Waals surface area contributed by atoms with Gasteiger partial charge in [0.05, 0.1) is 11.5 Å². The number of aliphatic hydroxyl groups excluding tert-OH is 1. The van der Waals surface area contributed by atoms with E-state index in [1.165, 1.54) is 12.1 Å². The van der Waals surface area contributed by atoms with E-state index in [-0.39, 0.29) is 17.1 Å². The van der Waals surface area contributed by atoms with E-state index in [0.717, 1.165) is 6.26 Å². The van der Waals surface area contributed by atoms with Crippen molar-refractivity contribution < 1.29 is 23.1 Å². The predicted octanol–water partition coefficient (Wildman–Crippen LogP) is 1.30. The van der Waals surface area contributed by atoms with Gasteiger partial charge in [0.1, 0.15) is 0 Å². The number of sulfone groups is 1. The summed E-state index contributed by atoms with van der Waals surface area (Å²) in [7, 11) is -3.40. The maximum absolute atomic E-state index is 11.6. The smallest absolute Gasteiger partial charge is 0.339 e. The quantitative estimate of drug-likeness (QED) is 0.844. The highest BCUT2D eigenvalue weighted by atomic mass is 32.2. The van der Waals surface area contributed by atoms with Crippen LogP contribution in [0.15, 0.2) is 17.0 Å². The van der Waals surface area contributed by atoms with Crippen molar-refractivity contribution in [2.24, 2.45) is 0 Å². The van der Waals surface area contributed by atoms with Crippen molar-refractivity contribution >= 4 is 15.8 Å². The van der Waals surface area contributed by atoms with E-state index >= 15 is 0 Å². The summed E-state index contributed by atoms with van der Waals surface area (Å²) < 4.78 is 27.9. The van der Waals surface area contributed by atoms with Crippen molar-refractivity contribution in [3.8, 4) is 0 Å². The van der Waals surface area contributed by atoms with Crippen molar-refractivity contribution in [3.63, 3.8) is 0 Å². The van der Waals surface area contributed by atoms with E-state index in [1.807, 2.05) is 0 Å². The molecule has 1 aromatic carbocycles. The first-order valence-corrected chi connectivity index (χ1v) is 7.73. The highest BCUT2D eigenvalue weighted by Crippen LogP contribution is 2.25. The number of ether oxygens (including phenoxy) is 1. The van der Waals surface area contributed by atoms with Crippen LogP contribution in [-0.2, 0) is 19.4 Å². The number of carbonyl (C=O) groups is 1. The zero-order chi connectivity index (χ0) is 14.8. The maximum Gasteiger partial charge on any atom is 0.339 e. The molecule has 106 valence electrons. The summed E-state index contributed by atoms with van der Waals surface area (Å²) in [6.45, 7) is 5.24. The molecule has 1 aromatic rings. The fourth-order valence-electron chi connectivity index (χ4n) is 1.70. The number of hydrogen-bond acceptors (Lipinski definition) is 5. The lowest BCUT2D eigenvalue weighted by atomic mass is 9.99. The lowest BCUT2D eigenvalue weighted by molar-refractivity contribution is -0.153. The van der Waals surface area contributed by atoms with E-state index in [9.17, 15) is 18.3 Å². The van der Waals surface area contributed by atoms with Crippen LogP contribution in [-0.4, -0.2) is 32.4 Å². The maximum atomic E-state index is 11.6. The molecule has 0 aliphatic rings. The molecule has 0 heterocycles. The van der Waals surface area contributed by atoms with Gasteiger partial charge in [-0.3, -0.25) is 0 Å². The second-order valence-electron chi connectivity index (χ2n) is 4.38. The van der Waals surface area contributed by atoms with Gasteiger partial charge >= 0.3 is 5.97 Å². The van der Waals surface area contributed by atoms with Gasteiger partial charge in [0.2, 0.25) is 0 Å². The van der Waals surface area contributed by atoms with Crippen LogP contribution in [0.5, 0.6) is 0 Å². The highest BCUT2D eigenvalue weighted by molar-refractivity contribution is 7.90. The van der Waals surface area contributed by atoms with E-state index in [4.69, 9.17) is 4.74 Å². The number of aryl methyl sites for hydroxylation is 1. The third kappa shape index (κ3) is 3.54. The van der Waals surface area contributed by atoms with Crippen molar-refractivity contribution in [1.82, 2.24) is 0 Å². The summed E-state index contributed by atoms with van der Waals surface area (Å²) in [6.07, 6.45) is -0.391. The topological polar surface area (TPSA) is 80.7 Å². The number of hydrogen-bond donors (Lipinski definition) is 1. The fourth-order valence-corrected chi connectivity index (χ4v) is 2.43. The number of carbonyl (C=O) groups excluding carboxylic acids is 1. The van der Waals surface area contributed by atoms with Crippen LogP contribution in [0.25, 0.3) is 0 Å². The van der Waals surface area contributed by atoms with Gasteiger partial charge in [0.25, 0.3) is 0 Å². The van der Waals surface area contributed by atoms with Gasteiger partial charge < -0.3 is 9.84 Å². The largest absolute Gasteiger partial charge is 0.464 e. The van der Waals surface area contributed by atoms with Crippen LogP contribution in [0.4, 0.5) is 0 Å². The molecule has 19 heavy (non-hydrogen) atoms. The van der Waals surface area contributed by atoms with Crippen LogP contribution >= 0.6 is 0 Å². The molecule has 0 saturated heterocycles. The second kappa shape index (κ2) is 5.71. The molecular formula is C13H18O5S. The molecule has 0 radical (unpaired) electrons. The predicted molar refractivity (Wildman–Crippen MR) is 70.6 cm³/mol. The first kappa shape index (κ1) is 15.7. The minimum absolute atomic E-state index is 0.0777. The fraction of sp³-hybridized carbons (Fsp3) is 0.462. The average Bonchev–Trinajstić information content (AvgIpc) is 2.30. The molecule has 0 fully saturated rings. The van der Waals surface area contributed by atoms with Gasteiger partial charge in [-0.2, -0.15) is 0 Å². The molecule has 1 N–H and O–H groups in total. The van der Waals surface area contributed by atoms with Crippen molar-refractivity contribution in [1.29, 1.82) is 0 Å². The van der Waals surface area contributed by atoms with Gasteiger partial charge in [-0.1, -0.05) is 0 Å². The Balaban J connectivity index is 3.35. The molecule has 0 saturated carbocycles. The molecule has 1 atom stereocenters. The van der Waals surface area contributed by atoms with E-state index < -0.39 is 21.9 Å². The number of esters is 1. The third-order valence-corrected chi connectivity index (χ3v) is 4.01. The van der Waals surface area contributed by atoms with E-state index in [2.05, 4.69) is 0 Å². The molecule has 1 unspecified atom stereocenters. The number of rotatable bonds is 4. The van der Waals surface area contributed by atoms with Crippen molar-refractivity contribution in [2.75, 3.05) is 12.9 Å². The Hall–Kier alpha value is -1.40. The van der Waals surface area contributed by atoms with Crippen LogP contribution < -0.4 is 0 Å². The Morgan fingerprint density at radius 3 is 2.42 bits per heavy atom. The third-order valence-electron chi connectivity index (χ3n) is 2.91. The average molecular weight is 286 g/mol. The van der Waals surface area contributed by atoms with Crippen molar-refractivity contribution in [3.05, 3.63) is 28.8 Å². The molecule has 5 nitrogen and oxygen atoms in total. The Morgan fingerprint density at radius 2 is 1.95 bits per heavy atom. The van der Waals surface area contributed by atoms with E-state index in [1.54, 1.807) is 20.8 Å². The molecule has 0 spiro atoms. The lowest BCUT2D eigenvalue weighted by Crippen LogP contribution is -2.17. The second-order valence-corrected chi connectivity index (χ2v) is 6.40. The first-order chi connectivity index (χ1) is 8.68. The molecule has 0 aromatic heterocycles. The molecule has 1 rings (SSSR count).